The standard InChI is InChI=1S/C17H13N3/c18-12-8-9-16-14(11-12)13-5-1-2-6-15(13)20(16)17-7-3-4-10-19-17/h1-11H,18H2. The molecule has 0 aliphatic carbocycles. The molecule has 0 atom stereocenters. The van der Waals surface area contributed by atoms with E-state index in [2.05, 4.69) is 27.8 Å². The maximum absolute atomic E-state index is 5.94. The van der Waals surface area contributed by atoms with Gasteiger partial charge in [0.15, 0.2) is 0 Å². The third kappa shape index (κ3) is 1.50. The number of hydrogen-bond donors (Lipinski definition) is 1. The lowest BCUT2D eigenvalue weighted by Crippen LogP contribution is -1.96. The number of para-hydroxylation sites is 1. The zero-order valence-corrected chi connectivity index (χ0v) is 10.8. The average Bonchev–Trinajstić information content (AvgIpc) is 2.82. The molecule has 0 bridgehead atoms. The number of nitrogen functional groups attached to an aromatic ring is 1. The molecule has 3 heteroatoms. The Labute approximate surface area is 116 Å². The highest BCUT2D eigenvalue weighted by Gasteiger charge is 2.12. The lowest BCUT2D eigenvalue weighted by molar-refractivity contribution is 1.08. The van der Waals surface area contributed by atoms with Gasteiger partial charge in [0.2, 0.25) is 0 Å². The fourth-order valence-electron chi connectivity index (χ4n) is 2.72. The predicted octanol–water partition coefficient (Wildman–Crippen LogP) is 3.76. The summed E-state index contributed by atoms with van der Waals surface area (Å²) < 4.78 is 2.17. The molecular weight excluding hydrogens is 246 g/mol. The second-order valence-corrected chi connectivity index (χ2v) is 4.82. The second kappa shape index (κ2) is 4.10. The monoisotopic (exact) mass is 259 g/mol. The Morgan fingerprint density at radius 1 is 0.800 bits per heavy atom. The first-order valence-corrected chi connectivity index (χ1v) is 6.55. The van der Waals surface area contributed by atoms with Crippen molar-refractivity contribution < 1.29 is 0 Å². The van der Waals surface area contributed by atoms with Crippen molar-refractivity contribution in [3.8, 4) is 5.82 Å². The zero-order chi connectivity index (χ0) is 13.5. The maximum atomic E-state index is 5.94. The van der Waals surface area contributed by atoms with Crippen molar-refractivity contribution in [1.82, 2.24) is 9.55 Å². The van der Waals surface area contributed by atoms with Crippen LogP contribution in [0.25, 0.3) is 27.6 Å². The van der Waals surface area contributed by atoms with E-state index in [1.54, 1.807) is 0 Å². The van der Waals surface area contributed by atoms with Gasteiger partial charge >= 0.3 is 0 Å². The molecule has 2 N–H and O–H groups in total. The number of benzene rings is 2. The van der Waals surface area contributed by atoms with Gasteiger partial charge in [-0.3, -0.25) is 4.57 Å². The van der Waals surface area contributed by atoms with E-state index in [-0.39, 0.29) is 0 Å². The Morgan fingerprint density at radius 3 is 2.45 bits per heavy atom. The van der Waals surface area contributed by atoms with Gasteiger partial charge in [-0.2, -0.15) is 0 Å². The molecule has 4 rings (SSSR count). The number of rotatable bonds is 1. The molecule has 0 amide bonds. The van der Waals surface area contributed by atoms with E-state index < -0.39 is 0 Å². The van der Waals surface area contributed by atoms with Crippen molar-refractivity contribution in [3.63, 3.8) is 0 Å². The molecule has 3 nitrogen and oxygen atoms in total. The van der Waals surface area contributed by atoms with Gasteiger partial charge in [-0.25, -0.2) is 4.98 Å². The van der Waals surface area contributed by atoms with Crippen LogP contribution in [0, 0.1) is 0 Å². The minimum absolute atomic E-state index is 0.779. The van der Waals surface area contributed by atoms with Gasteiger partial charge in [0, 0.05) is 22.7 Å². The Morgan fingerprint density at radius 2 is 1.60 bits per heavy atom. The van der Waals surface area contributed by atoms with Crippen LogP contribution < -0.4 is 5.73 Å². The maximum Gasteiger partial charge on any atom is 0.137 e. The molecule has 0 saturated heterocycles. The number of hydrogen-bond acceptors (Lipinski definition) is 2. The summed E-state index contributed by atoms with van der Waals surface area (Å²) >= 11 is 0. The van der Waals surface area contributed by atoms with Crippen LogP contribution in [-0.2, 0) is 0 Å². The topological polar surface area (TPSA) is 43.8 Å². The molecule has 0 saturated carbocycles. The Bertz CT molecular complexity index is 907. The van der Waals surface area contributed by atoms with E-state index in [0.29, 0.717) is 0 Å². The summed E-state index contributed by atoms with van der Waals surface area (Å²) in [6, 6.07) is 20.3. The summed E-state index contributed by atoms with van der Waals surface area (Å²) in [7, 11) is 0. The molecule has 0 aliphatic heterocycles. The number of nitrogens with zero attached hydrogens (tertiary/aromatic N) is 2. The number of nitrogens with two attached hydrogens (primary N) is 1. The van der Waals surface area contributed by atoms with Crippen molar-refractivity contribution in [2.24, 2.45) is 0 Å². The summed E-state index contributed by atoms with van der Waals surface area (Å²) in [5.41, 5.74) is 8.99. The van der Waals surface area contributed by atoms with Crippen LogP contribution in [0.2, 0.25) is 0 Å². The third-order valence-electron chi connectivity index (χ3n) is 3.58. The molecule has 0 radical (unpaired) electrons. The van der Waals surface area contributed by atoms with Crippen molar-refractivity contribution in [2.45, 2.75) is 0 Å². The third-order valence-corrected chi connectivity index (χ3v) is 3.58. The minimum Gasteiger partial charge on any atom is -0.399 e. The van der Waals surface area contributed by atoms with Gasteiger partial charge in [0.1, 0.15) is 5.82 Å². The second-order valence-electron chi connectivity index (χ2n) is 4.82. The molecule has 0 fully saturated rings. The molecular formula is C17H13N3. The number of aromatic nitrogens is 2. The smallest absolute Gasteiger partial charge is 0.137 e. The first-order chi connectivity index (χ1) is 9.84. The summed E-state index contributed by atoms with van der Waals surface area (Å²) in [4.78, 5) is 4.48. The predicted molar refractivity (Wildman–Crippen MR) is 83.0 cm³/mol. The molecule has 0 unspecified atom stereocenters. The zero-order valence-electron chi connectivity index (χ0n) is 10.8. The lowest BCUT2D eigenvalue weighted by Gasteiger charge is -2.05. The van der Waals surface area contributed by atoms with Crippen molar-refractivity contribution in [3.05, 3.63) is 66.9 Å². The van der Waals surface area contributed by atoms with E-state index in [1.165, 1.54) is 5.39 Å². The van der Waals surface area contributed by atoms with Crippen LogP contribution >= 0.6 is 0 Å². The first kappa shape index (κ1) is 11.1. The van der Waals surface area contributed by atoms with Crippen molar-refractivity contribution in [1.29, 1.82) is 0 Å². The highest BCUT2D eigenvalue weighted by molar-refractivity contribution is 6.09. The highest BCUT2D eigenvalue weighted by atomic mass is 15.1. The summed E-state index contributed by atoms with van der Waals surface area (Å²) in [6.07, 6.45) is 1.81. The quantitative estimate of drug-likeness (QED) is 0.529. The van der Waals surface area contributed by atoms with Gasteiger partial charge < -0.3 is 5.73 Å². The summed E-state index contributed by atoms with van der Waals surface area (Å²) in [6.45, 7) is 0. The lowest BCUT2D eigenvalue weighted by atomic mass is 10.1. The van der Waals surface area contributed by atoms with E-state index >= 15 is 0 Å². The Kier molecular flexibility index (Phi) is 2.27. The van der Waals surface area contributed by atoms with Gasteiger partial charge in [-0.15, -0.1) is 0 Å². The minimum atomic E-state index is 0.779. The van der Waals surface area contributed by atoms with E-state index in [1.807, 2.05) is 48.7 Å². The summed E-state index contributed by atoms with van der Waals surface area (Å²) in [5.74, 6) is 0.920. The normalized spacial score (nSPS) is 11.2. The van der Waals surface area contributed by atoms with E-state index in [9.17, 15) is 0 Å². The number of anilines is 1. The van der Waals surface area contributed by atoms with Crippen LogP contribution in [0.15, 0.2) is 66.9 Å². The van der Waals surface area contributed by atoms with Crippen LogP contribution in [0.3, 0.4) is 0 Å². The molecule has 2 aromatic heterocycles. The molecule has 96 valence electrons. The van der Waals surface area contributed by atoms with E-state index in [0.717, 1.165) is 27.9 Å². The fourth-order valence-corrected chi connectivity index (χ4v) is 2.72. The fraction of sp³-hybridized carbons (Fsp3) is 0. The van der Waals surface area contributed by atoms with Crippen molar-refractivity contribution in [2.75, 3.05) is 5.73 Å². The van der Waals surface area contributed by atoms with Crippen molar-refractivity contribution >= 4 is 27.5 Å². The SMILES string of the molecule is Nc1ccc2c(c1)c1ccccc1n2-c1ccccn1. The molecule has 0 aliphatic rings. The molecule has 4 aromatic rings. The molecule has 0 spiro atoms. The van der Waals surface area contributed by atoms with E-state index in [4.69, 9.17) is 5.73 Å². The Balaban J connectivity index is 2.22. The molecule has 20 heavy (non-hydrogen) atoms. The van der Waals surface area contributed by atoms with Crippen LogP contribution in [0.5, 0.6) is 0 Å². The van der Waals surface area contributed by atoms with Gasteiger partial charge in [-0.05, 0) is 36.4 Å². The number of pyridine rings is 1. The molecule has 2 aromatic carbocycles. The number of fused-ring (bicyclic) bond motifs is 3. The van der Waals surface area contributed by atoms with Crippen LogP contribution in [0.1, 0.15) is 0 Å². The largest absolute Gasteiger partial charge is 0.399 e. The Hall–Kier alpha value is -2.81. The molecule has 2 heterocycles. The summed E-state index contributed by atoms with van der Waals surface area (Å²) in [5, 5.41) is 2.35. The van der Waals surface area contributed by atoms with Gasteiger partial charge in [0.25, 0.3) is 0 Å². The van der Waals surface area contributed by atoms with Crippen LogP contribution in [-0.4, -0.2) is 9.55 Å². The first-order valence-electron chi connectivity index (χ1n) is 6.55. The van der Waals surface area contributed by atoms with Gasteiger partial charge in [0.05, 0.1) is 11.0 Å². The highest BCUT2D eigenvalue weighted by Crippen LogP contribution is 2.32. The van der Waals surface area contributed by atoms with Gasteiger partial charge in [-0.1, -0.05) is 24.3 Å². The van der Waals surface area contributed by atoms with Crippen LogP contribution in [0.4, 0.5) is 5.69 Å². The average molecular weight is 259 g/mol.